The highest BCUT2D eigenvalue weighted by atomic mass is 35.5. The molecule has 0 radical (unpaired) electrons. The van der Waals surface area contributed by atoms with Crippen molar-refractivity contribution in [1.82, 2.24) is 15.5 Å². The van der Waals surface area contributed by atoms with Crippen LogP contribution in [-0.4, -0.2) is 46.8 Å². The molecule has 144 valence electrons. The van der Waals surface area contributed by atoms with Gasteiger partial charge in [-0.05, 0) is 51.5 Å². The number of ether oxygens (including phenoxy) is 1. The third kappa shape index (κ3) is 4.97. The van der Waals surface area contributed by atoms with Gasteiger partial charge < -0.3 is 19.4 Å². The average Bonchev–Trinajstić information content (AvgIpc) is 3.05. The number of halogens is 1. The van der Waals surface area contributed by atoms with Gasteiger partial charge in [-0.25, -0.2) is 4.79 Å². The Kier molecular flexibility index (Phi) is 5.36. The molecular formula is C18H21ClN4O4. The first kappa shape index (κ1) is 19.2. The number of piperidine rings is 1. The molecule has 1 amide bonds. The van der Waals surface area contributed by atoms with Crippen molar-refractivity contribution in [2.45, 2.75) is 38.8 Å². The monoisotopic (exact) mass is 392 g/mol. The smallest absolute Gasteiger partial charge is 0.408 e. The lowest BCUT2D eigenvalue weighted by Gasteiger charge is -2.30. The first-order valence-electron chi connectivity index (χ1n) is 8.58. The summed E-state index contributed by atoms with van der Waals surface area (Å²) >= 11 is 5.88. The van der Waals surface area contributed by atoms with E-state index in [4.69, 9.17) is 20.8 Å². The highest BCUT2D eigenvalue weighted by Crippen LogP contribution is 2.24. The Balaban J connectivity index is 1.60. The van der Waals surface area contributed by atoms with Crippen molar-refractivity contribution in [1.29, 1.82) is 0 Å². The summed E-state index contributed by atoms with van der Waals surface area (Å²) in [6.45, 7) is 5.87. The van der Waals surface area contributed by atoms with Crippen LogP contribution in [0.4, 0.5) is 10.8 Å². The molecule has 0 aliphatic carbocycles. The zero-order valence-electron chi connectivity index (χ0n) is 15.4. The summed E-state index contributed by atoms with van der Waals surface area (Å²) in [5, 5.41) is 11.3. The van der Waals surface area contributed by atoms with Gasteiger partial charge >= 0.3 is 12.1 Å². The van der Waals surface area contributed by atoms with Crippen molar-refractivity contribution < 1.29 is 18.7 Å². The second kappa shape index (κ2) is 7.56. The van der Waals surface area contributed by atoms with Crippen molar-refractivity contribution in [2.24, 2.45) is 0 Å². The number of nitrogens with one attached hydrogen (secondary N) is 1. The zero-order valence-corrected chi connectivity index (χ0v) is 16.1. The standard InChI is InChI=1S/C18H21ClN4O4/c1-18(2,3)27-17(25)20-13-8-9-23(10-14(13)24)16-22-21-15(26-16)11-4-6-12(19)7-5-11/h4-7,13H,8-10H2,1-3H3,(H,20,25)/t13-/m1/s1. The van der Waals surface area contributed by atoms with Crippen molar-refractivity contribution >= 4 is 29.5 Å². The number of amides is 1. The summed E-state index contributed by atoms with van der Waals surface area (Å²) in [7, 11) is 0. The van der Waals surface area contributed by atoms with Gasteiger partial charge in [-0.15, -0.1) is 5.10 Å². The number of nitrogens with zero attached hydrogens (tertiary/aromatic N) is 3. The summed E-state index contributed by atoms with van der Waals surface area (Å²) in [6, 6.07) is 6.71. The molecule has 1 aliphatic heterocycles. The van der Waals surface area contributed by atoms with E-state index in [9.17, 15) is 9.59 Å². The molecule has 8 nitrogen and oxygen atoms in total. The van der Waals surface area contributed by atoms with Crippen LogP contribution >= 0.6 is 11.6 Å². The fraction of sp³-hybridized carbons (Fsp3) is 0.444. The van der Waals surface area contributed by atoms with Crippen LogP contribution in [0.1, 0.15) is 27.2 Å². The van der Waals surface area contributed by atoms with E-state index >= 15 is 0 Å². The molecule has 1 aromatic heterocycles. The number of carbonyl (C=O) groups excluding carboxylic acids is 2. The van der Waals surface area contributed by atoms with Gasteiger partial charge in [0.25, 0.3) is 0 Å². The average molecular weight is 393 g/mol. The zero-order chi connectivity index (χ0) is 19.6. The van der Waals surface area contributed by atoms with Crippen LogP contribution in [-0.2, 0) is 9.53 Å². The molecule has 1 aliphatic rings. The Morgan fingerprint density at radius 3 is 2.63 bits per heavy atom. The van der Waals surface area contributed by atoms with Gasteiger partial charge in [0.2, 0.25) is 5.89 Å². The Labute approximate surface area is 161 Å². The maximum atomic E-state index is 12.4. The molecule has 2 heterocycles. The second-order valence-corrected chi connectivity index (χ2v) is 7.71. The van der Waals surface area contributed by atoms with Crippen LogP contribution in [0.2, 0.25) is 5.02 Å². The molecule has 0 spiro atoms. The van der Waals surface area contributed by atoms with Crippen LogP contribution in [0.5, 0.6) is 0 Å². The number of hydrogen-bond acceptors (Lipinski definition) is 7. The normalized spacial score (nSPS) is 17.7. The minimum atomic E-state index is -0.615. The first-order valence-corrected chi connectivity index (χ1v) is 8.96. The molecule has 1 atom stereocenters. The number of benzene rings is 1. The predicted molar refractivity (Wildman–Crippen MR) is 99.7 cm³/mol. The molecule has 0 bridgehead atoms. The molecule has 0 saturated carbocycles. The van der Waals surface area contributed by atoms with Crippen LogP contribution in [0.15, 0.2) is 28.7 Å². The minimum Gasteiger partial charge on any atom is -0.444 e. The van der Waals surface area contributed by atoms with Crippen molar-refractivity contribution in [3.8, 4) is 11.5 Å². The molecule has 1 saturated heterocycles. The third-order valence-corrected chi connectivity index (χ3v) is 4.14. The number of Topliss-reactive ketones (excluding diaryl/α,β-unsaturated/α-hetero) is 1. The van der Waals surface area contributed by atoms with Gasteiger partial charge in [0.15, 0.2) is 5.78 Å². The Bertz CT molecular complexity index is 829. The maximum absolute atomic E-state index is 12.4. The van der Waals surface area contributed by atoms with Gasteiger partial charge in [0.1, 0.15) is 5.60 Å². The Morgan fingerprint density at radius 1 is 1.30 bits per heavy atom. The highest BCUT2D eigenvalue weighted by Gasteiger charge is 2.32. The van der Waals surface area contributed by atoms with E-state index in [2.05, 4.69) is 15.5 Å². The quantitative estimate of drug-likeness (QED) is 0.857. The minimum absolute atomic E-state index is 0.0721. The van der Waals surface area contributed by atoms with Gasteiger partial charge in [-0.2, -0.15) is 0 Å². The van der Waals surface area contributed by atoms with E-state index in [1.807, 2.05) is 0 Å². The van der Waals surface area contributed by atoms with Crippen LogP contribution < -0.4 is 10.2 Å². The molecule has 1 N–H and O–H groups in total. The summed E-state index contributed by atoms with van der Waals surface area (Å²) in [4.78, 5) is 25.9. The molecule has 2 aromatic rings. The van der Waals surface area contributed by atoms with E-state index in [1.54, 1.807) is 49.9 Å². The molecule has 1 fully saturated rings. The predicted octanol–water partition coefficient (Wildman–Crippen LogP) is 3.06. The van der Waals surface area contributed by atoms with Crippen LogP contribution in [0.25, 0.3) is 11.5 Å². The number of aromatic nitrogens is 2. The SMILES string of the molecule is CC(C)(C)OC(=O)N[C@@H]1CCN(c2nnc(-c3ccc(Cl)cc3)o2)CC1=O. The lowest BCUT2D eigenvalue weighted by Crippen LogP contribution is -2.52. The van der Waals surface area contributed by atoms with Crippen molar-refractivity contribution in [3.63, 3.8) is 0 Å². The number of anilines is 1. The first-order chi connectivity index (χ1) is 12.7. The maximum Gasteiger partial charge on any atom is 0.408 e. The third-order valence-electron chi connectivity index (χ3n) is 3.89. The summed E-state index contributed by atoms with van der Waals surface area (Å²) in [5.41, 5.74) is 0.126. The van der Waals surface area contributed by atoms with E-state index in [0.29, 0.717) is 23.9 Å². The lowest BCUT2D eigenvalue weighted by atomic mass is 10.0. The largest absolute Gasteiger partial charge is 0.444 e. The van der Waals surface area contributed by atoms with E-state index in [0.717, 1.165) is 5.56 Å². The topological polar surface area (TPSA) is 97.6 Å². The summed E-state index contributed by atoms with van der Waals surface area (Å²) < 4.78 is 10.9. The van der Waals surface area contributed by atoms with Gasteiger partial charge in [-0.3, -0.25) is 4.79 Å². The molecular weight excluding hydrogens is 372 g/mol. The van der Waals surface area contributed by atoms with E-state index in [-0.39, 0.29) is 18.3 Å². The Hall–Kier alpha value is -2.61. The van der Waals surface area contributed by atoms with Crippen molar-refractivity contribution in [2.75, 3.05) is 18.0 Å². The number of alkyl carbamates (subject to hydrolysis) is 1. The van der Waals surface area contributed by atoms with Crippen molar-refractivity contribution in [3.05, 3.63) is 29.3 Å². The highest BCUT2D eigenvalue weighted by molar-refractivity contribution is 6.30. The molecule has 3 rings (SSSR count). The number of carbonyl (C=O) groups is 2. The number of rotatable bonds is 3. The molecule has 1 aromatic carbocycles. The summed E-state index contributed by atoms with van der Waals surface area (Å²) in [6.07, 6.45) is -0.173. The van der Waals surface area contributed by atoms with Gasteiger partial charge in [0.05, 0.1) is 12.6 Å². The molecule has 9 heteroatoms. The fourth-order valence-electron chi connectivity index (χ4n) is 2.64. The Morgan fingerprint density at radius 2 is 2.00 bits per heavy atom. The lowest BCUT2D eigenvalue weighted by molar-refractivity contribution is -0.120. The van der Waals surface area contributed by atoms with E-state index in [1.165, 1.54) is 0 Å². The number of ketones is 1. The molecule has 27 heavy (non-hydrogen) atoms. The fourth-order valence-corrected chi connectivity index (χ4v) is 2.77. The van der Waals surface area contributed by atoms with Crippen LogP contribution in [0.3, 0.4) is 0 Å². The summed E-state index contributed by atoms with van der Waals surface area (Å²) in [5.74, 6) is 0.210. The van der Waals surface area contributed by atoms with E-state index < -0.39 is 17.7 Å². The molecule has 0 unspecified atom stereocenters. The second-order valence-electron chi connectivity index (χ2n) is 7.27. The van der Waals surface area contributed by atoms with Gasteiger partial charge in [0, 0.05) is 17.1 Å². The number of hydrogen-bond donors (Lipinski definition) is 1. The van der Waals surface area contributed by atoms with Gasteiger partial charge in [-0.1, -0.05) is 16.7 Å². The van der Waals surface area contributed by atoms with Crippen LogP contribution in [0, 0.1) is 0 Å².